The van der Waals surface area contributed by atoms with Crippen molar-refractivity contribution in [1.82, 2.24) is 4.90 Å². The van der Waals surface area contributed by atoms with Crippen LogP contribution in [0.15, 0.2) is 36.4 Å². The zero-order chi connectivity index (χ0) is 13.9. The first-order chi connectivity index (χ1) is 9.72. The number of fused-ring (bicyclic) bond motifs is 1. The highest BCUT2D eigenvalue weighted by Crippen LogP contribution is 2.44. The molecule has 0 bridgehead atoms. The number of likely N-dealkylation sites (N-methyl/N-ethyl adjacent to an activating group) is 1. The van der Waals surface area contributed by atoms with E-state index in [0.717, 1.165) is 30.7 Å². The molecule has 1 N–H and O–H groups in total. The molecule has 0 aliphatic heterocycles. The van der Waals surface area contributed by atoms with Crippen molar-refractivity contribution in [2.45, 2.75) is 18.9 Å². The molecule has 3 nitrogen and oxygen atoms in total. The molecular formula is C17H24N2O. The van der Waals surface area contributed by atoms with Gasteiger partial charge in [-0.05, 0) is 45.0 Å². The van der Waals surface area contributed by atoms with Gasteiger partial charge in [-0.25, -0.2) is 0 Å². The normalized spacial score (nSPS) is 27.2. The summed E-state index contributed by atoms with van der Waals surface area (Å²) in [5.74, 6) is 2.59. The van der Waals surface area contributed by atoms with Crippen molar-refractivity contribution in [1.29, 1.82) is 0 Å². The maximum absolute atomic E-state index is 5.78. The second kappa shape index (κ2) is 5.88. The Labute approximate surface area is 121 Å². The fourth-order valence-corrected chi connectivity index (χ4v) is 3.12. The summed E-state index contributed by atoms with van der Waals surface area (Å²) in [4.78, 5) is 2.13. The Bertz CT molecular complexity index is 484. The molecule has 2 aliphatic carbocycles. The molecule has 2 aliphatic rings. The lowest BCUT2D eigenvalue weighted by atomic mass is 9.71. The molecule has 1 fully saturated rings. The largest absolute Gasteiger partial charge is 0.492 e. The SMILES string of the molecule is CN(C)CCOc1cccc(NC2CC3CC=CC32)c1. The molecule has 3 unspecified atom stereocenters. The molecule has 3 heteroatoms. The minimum Gasteiger partial charge on any atom is -0.492 e. The highest BCUT2D eigenvalue weighted by Gasteiger charge is 2.40. The molecular weight excluding hydrogens is 248 g/mol. The summed E-state index contributed by atoms with van der Waals surface area (Å²) < 4.78 is 5.78. The van der Waals surface area contributed by atoms with Crippen molar-refractivity contribution in [3.8, 4) is 5.75 Å². The summed E-state index contributed by atoms with van der Waals surface area (Å²) >= 11 is 0. The third-order valence-electron chi connectivity index (χ3n) is 4.36. The summed E-state index contributed by atoms with van der Waals surface area (Å²) in [6.07, 6.45) is 7.28. The van der Waals surface area contributed by atoms with Gasteiger partial charge in [-0.2, -0.15) is 0 Å². The molecule has 0 aromatic heterocycles. The minimum absolute atomic E-state index is 0.607. The van der Waals surface area contributed by atoms with Crippen LogP contribution in [0.1, 0.15) is 12.8 Å². The monoisotopic (exact) mass is 272 g/mol. The highest BCUT2D eigenvalue weighted by atomic mass is 16.5. The summed E-state index contributed by atoms with van der Waals surface area (Å²) in [6.45, 7) is 1.67. The van der Waals surface area contributed by atoms with Gasteiger partial charge in [0, 0.05) is 30.3 Å². The molecule has 3 atom stereocenters. The average Bonchev–Trinajstić information content (AvgIpc) is 2.77. The Morgan fingerprint density at radius 1 is 1.35 bits per heavy atom. The van der Waals surface area contributed by atoms with E-state index in [1.54, 1.807) is 0 Å². The maximum atomic E-state index is 5.78. The van der Waals surface area contributed by atoms with Crippen LogP contribution in [0.5, 0.6) is 5.75 Å². The van der Waals surface area contributed by atoms with Crippen LogP contribution in [-0.4, -0.2) is 38.2 Å². The lowest BCUT2D eigenvalue weighted by Crippen LogP contribution is -2.43. The predicted octanol–water partition coefficient (Wildman–Crippen LogP) is 3.00. The third-order valence-corrected chi connectivity index (χ3v) is 4.36. The van der Waals surface area contributed by atoms with Gasteiger partial charge in [0.05, 0.1) is 0 Å². The third kappa shape index (κ3) is 2.98. The molecule has 1 aromatic carbocycles. The number of rotatable bonds is 6. The van der Waals surface area contributed by atoms with Crippen molar-refractivity contribution >= 4 is 5.69 Å². The van der Waals surface area contributed by atoms with Crippen LogP contribution in [0.3, 0.4) is 0 Å². The summed E-state index contributed by atoms with van der Waals surface area (Å²) in [6, 6.07) is 8.94. The summed E-state index contributed by atoms with van der Waals surface area (Å²) in [7, 11) is 4.12. The second-order valence-corrected chi connectivity index (χ2v) is 6.17. The van der Waals surface area contributed by atoms with E-state index >= 15 is 0 Å². The molecule has 20 heavy (non-hydrogen) atoms. The zero-order valence-electron chi connectivity index (χ0n) is 12.4. The van der Waals surface area contributed by atoms with Crippen LogP contribution in [0.4, 0.5) is 5.69 Å². The van der Waals surface area contributed by atoms with Crippen molar-refractivity contribution in [2.75, 3.05) is 32.6 Å². The van der Waals surface area contributed by atoms with E-state index in [2.05, 4.69) is 54.7 Å². The van der Waals surface area contributed by atoms with E-state index in [4.69, 9.17) is 4.74 Å². The van der Waals surface area contributed by atoms with E-state index in [1.807, 2.05) is 6.07 Å². The number of ether oxygens (including phenoxy) is 1. The van der Waals surface area contributed by atoms with E-state index in [1.165, 1.54) is 18.5 Å². The number of nitrogens with one attached hydrogen (secondary N) is 1. The fraction of sp³-hybridized carbons (Fsp3) is 0.529. The van der Waals surface area contributed by atoms with Gasteiger partial charge < -0.3 is 15.0 Å². The summed E-state index contributed by atoms with van der Waals surface area (Å²) in [5.41, 5.74) is 1.18. The molecule has 0 heterocycles. The Morgan fingerprint density at radius 2 is 2.25 bits per heavy atom. The Kier molecular flexibility index (Phi) is 3.97. The van der Waals surface area contributed by atoms with Crippen LogP contribution in [-0.2, 0) is 0 Å². The van der Waals surface area contributed by atoms with Gasteiger partial charge in [-0.1, -0.05) is 18.2 Å². The van der Waals surface area contributed by atoms with Crippen LogP contribution in [0.25, 0.3) is 0 Å². The van der Waals surface area contributed by atoms with E-state index < -0.39 is 0 Å². The molecule has 0 spiro atoms. The second-order valence-electron chi connectivity index (χ2n) is 6.17. The van der Waals surface area contributed by atoms with Gasteiger partial charge in [0.25, 0.3) is 0 Å². The Hall–Kier alpha value is -1.48. The molecule has 1 saturated carbocycles. The van der Waals surface area contributed by atoms with Gasteiger partial charge >= 0.3 is 0 Å². The molecule has 108 valence electrons. The Morgan fingerprint density at radius 3 is 3.05 bits per heavy atom. The first-order valence-corrected chi connectivity index (χ1v) is 7.53. The van der Waals surface area contributed by atoms with Crippen LogP contribution in [0.2, 0.25) is 0 Å². The van der Waals surface area contributed by atoms with E-state index in [0.29, 0.717) is 6.04 Å². The van der Waals surface area contributed by atoms with Crippen molar-refractivity contribution < 1.29 is 4.74 Å². The fourth-order valence-electron chi connectivity index (χ4n) is 3.12. The molecule has 3 rings (SSSR count). The molecule has 1 aromatic rings. The number of allylic oxidation sites excluding steroid dienone is 1. The molecule has 0 amide bonds. The minimum atomic E-state index is 0.607. The van der Waals surface area contributed by atoms with Crippen molar-refractivity contribution in [3.05, 3.63) is 36.4 Å². The Balaban J connectivity index is 1.53. The maximum Gasteiger partial charge on any atom is 0.121 e. The van der Waals surface area contributed by atoms with Gasteiger partial charge in [-0.3, -0.25) is 0 Å². The topological polar surface area (TPSA) is 24.5 Å². The van der Waals surface area contributed by atoms with Crippen LogP contribution in [0, 0.1) is 11.8 Å². The summed E-state index contributed by atoms with van der Waals surface area (Å²) in [5, 5.41) is 3.65. The van der Waals surface area contributed by atoms with Gasteiger partial charge in [0.2, 0.25) is 0 Å². The van der Waals surface area contributed by atoms with Crippen LogP contribution >= 0.6 is 0 Å². The molecule has 0 radical (unpaired) electrons. The predicted molar refractivity (Wildman–Crippen MR) is 83.3 cm³/mol. The number of benzene rings is 1. The van der Waals surface area contributed by atoms with Crippen molar-refractivity contribution in [3.63, 3.8) is 0 Å². The van der Waals surface area contributed by atoms with E-state index in [9.17, 15) is 0 Å². The van der Waals surface area contributed by atoms with Crippen molar-refractivity contribution in [2.24, 2.45) is 11.8 Å². The highest BCUT2D eigenvalue weighted by molar-refractivity contribution is 5.49. The standard InChI is InChI=1S/C17H24N2O/c1-19(2)9-10-20-15-7-4-6-14(12-15)18-17-11-13-5-3-8-16(13)17/h3-4,6-8,12-13,16-18H,5,9-11H2,1-2H3. The number of hydrogen-bond acceptors (Lipinski definition) is 3. The smallest absolute Gasteiger partial charge is 0.121 e. The number of anilines is 1. The van der Waals surface area contributed by atoms with E-state index in [-0.39, 0.29) is 0 Å². The number of nitrogens with zero attached hydrogens (tertiary/aromatic N) is 1. The first kappa shape index (κ1) is 13.5. The molecule has 0 saturated heterocycles. The quantitative estimate of drug-likeness (QED) is 0.806. The van der Waals surface area contributed by atoms with Gasteiger partial charge in [-0.15, -0.1) is 0 Å². The lowest BCUT2D eigenvalue weighted by Gasteiger charge is -2.41. The van der Waals surface area contributed by atoms with Gasteiger partial charge in [0.1, 0.15) is 12.4 Å². The lowest BCUT2D eigenvalue weighted by molar-refractivity contribution is 0.218. The average molecular weight is 272 g/mol. The van der Waals surface area contributed by atoms with Gasteiger partial charge in [0.15, 0.2) is 0 Å². The zero-order valence-corrected chi connectivity index (χ0v) is 12.4. The van der Waals surface area contributed by atoms with Crippen LogP contribution < -0.4 is 10.1 Å². The number of hydrogen-bond donors (Lipinski definition) is 1. The first-order valence-electron chi connectivity index (χ1n) is 7.53.